The van der Waals surface area contributed by atoms with Gasteiger partial charge in [0, 0.05) is 20.6 Å². The van der Waals surface area contributed by atoms with Gasteiger partial charge < -0.3 is 14.4 Å². The second kappa shape index (κ2) is 8.28. The first-order chi connectivity index (χ1) is 12.1. The molecule has 2 rings (SSSR count). The van der Waals surface area contributed by atoms with Crippen LogP contribution in [0.2, 0.25) is 0 Å². The SMILES string of the molecule is CN(C)CCCOP(=O)(O)OCCn1cnc2c1c(=O)n(C)c(=O)n2C. The monoisotopic (exact) mass is 389 g/mol. The third-order valence-corrected chi connectivity index (χ3v) is 4.83. The minimum absolute atomic E-state index is 0.0998. The molecule has 0 spiro atoms. The number of hydrogen-bond acceptors (Lipinski definition) is 7. The van der Waals surface area contributed by atoms with Gasteiger partial charge in [0.1, 0.15) is 0 Å². The van der Waals surface area contributed by atoms with Crippen molar-refractivity contribution in [1.29, 1.82) is 0 Å². The van der Waals surface area contributed by atoms with E-state index in [0.29, 0.717) is 6.42 Å². The van der Waals surface area contributed by atoms with Crippen molar-refractivity contribution in [1.82, 2.24) is 23.6 Å². The Balaban J connectivity index is 2.01. The molecule has 0 saturated carbocycles. The highest BCUT2D eigenvalue weighted by Crippen LogP contribution is 2.43. The van der Waals surface area contributed by atoms with Gasteiger partial charge in [0.15, 0.2) is 11.2 Å². The summed E-state index contributed by atoms with van der Waals surface area (Å²) in [6.07, 6.45) is 1.98. The summed E-state index contributed by atoms with van der Waals surface area (Å²) in [6, 6.07) is 0. The molecule has 1 unspecified atom stereocenters. The van der Waals surface area contributed by atoms with E-state index in [1.165, 1.54) is 29.6 Å². The number of aryl methyl sites for hydroxylation is 1. The first-order valence-electron chi connectivity index (χ1n) is 8.01. The van der Waals surface area contributed by atoms with Crippen LogP contribution in [-0.4, -0.2) is 62.3 Å². The van der Waals surface area contributed by atoms with Crippen LogP contribution in [0.1, 0.15) is 6.42 Å². The molecule has 0 aliphatic carbocycles. The summed E-state index contributed by atoms with van der Waals surface area (Å²) in [5.74, 6) is 0. The molecule has 0 aliphatic rings. The molecule has 0 radical (unpaired) electrons. The van der Waals surface area contributed by atoms with Gasteiger partial charge in [-0.3, -0.25) is 23.0 Å². The highest BCUT2D eigenvalue weighted by Gasteiger charge is 2.21. The fourth-order valence-corrected chi connectivity index (χ4v) is 3.17. The van der Waals surface area contributed by atoms with Crippen LogP contribution in [0, 0.1) is 0 Å². The van der Waals surface area contributed by atoms with Gasteiger partial charge in [-0.15, -0.1) is 0 Å². The van der Waals surface area contributed by atoms with Crippen LogP contribution in [0.5, 0.6) is 0 Å². The van der Waals surface area contributed by atoms with Crippen molar-refractivity contribution in [2.45, 2.75) is 13.0 Å². The van der Waals surface area contributed by atoms with Gasteiger partial charge in [-0.1, -0.05) is 0 Å². The number of phosphoric ester groups is 1. The predicted molar refractivity (Wildman–Crippen MR) is 95.1 cm³/mol. The van der Waals surface area contributed by atoms with E-state index in [1.807, 2.05) is 19.0 Å². The Morgan fingerprint density at radius 2 is 1.85 bits per heavy atom. The maximum atomic E-state index is 12.3. The molecule has 26 heavy (non-hydrogen) atoms. The number of aromatic nitrogens is 4. The first kappa shape index (κ1) is 20.5. The van der Waals surface area contributed by atoms with Gasteiger partial charge in [-0.2, -0.15) is 0 Å². The van der Waals surface area contributed by atoms with E-state index in [2.05, 4.69) is 4.98 Å². The lowest BCUT2D eigenvalue weighted by atomic mass is 10.4. The van der Waals surface area contributed by atoms with E-state index in [9.17, 15) is 19.0 Å². The molecule has 11 nitrogen and oxygen atoms in total. The van der Waals surface area contributed by atoms with Crippen LogP contribution in [0.25, 0.3) is 11.2 Å². The Labute approximate surface area is 150 Å². The van der Waals surface area contributed by atoms with Crippen molar-refractivity contribution in [2.24, 2.45) is 14.1 Å². The van der Waals surface area contributed by atoms with Gasteiger partial charge in [0.05, 0.1) is 19.5 Å². The number of nitrogens with zero attached hydrogens (tertiary/aromatic N) is 5. The molecule has 1 N–H and O–H groups in total. The number of hydrogen-bond donors (Lipinski definition) is 1. The fourth-order valence-electron chi connectivity index (χ4n) is 2.42. The molecule has 0 bridgehead atoms. The molecule has 1 atom stereocenters. The highest BCUT2D eigenvalue weighted by atomic mass is 31.2. The lowest BCUT2D eigenvalue weighted by Crippen LogP contribution is -2.37. The predicted octanol–water partition coefficient (Wildman–Crippen LogP) is -0.481. The second-order valence-electron chi connectivity index (χ2n) is 6.11. The van der Waals surface area contributed by atoms with Crippen LogP contribution in [0.4, 0.5) is 0 Å². The van der Waals surface area contributed by atoms with E-state index in [0.717, 1.165) is 11.1 Å². The summed E-state index contributed by atoms with van der Waals surface area (Å²) in [5, 5.41) is 0. The van der Waals surface area contributed by atoms with Crippen LogP contribution in [0.3, 0.4) is 0 Å². The maximum absolute atomic E-state index is 12.3. The average Bonchev–Trinajstić information content (AvgIpc) is 2.99. The number of phosphoric acid groups is 1. The van der Waals surface area contributed by atoms with Crippen molar-refractivity contribution in [3.05, 3.63) is 27.2 Å². The summed E-state index contributed by atoms with van der Waals surface area (Å²) >= 11 is 0. The molecule has 146 valence electrons. The minimum atomic E-state index is -4.16. The van der Waals surface area contributed by atoms with E-state index in [4.69, 9.17) is 9.05 Å². The zero-order chi connectivity index (χ0) is 19.5. The third kappa shape index (κ3) is 4.68. The molecule has 2 aromatic heterocycles. The van der Waals surface area contributed by atoms with Gasteiger partial charge in [0.25, 0.3) is 5.56 Å². The van der Waals surface area contributed by atoms with Crippen molar-refractivity contribution in [3.63, 3.8) is 0 Å². The number of fused-ring (bicyclic) bond motifs is 1. The molecule has 0 amide bonds. The number of rotatable bonds is 9. The molecule has 0 fully saturated rings. The lowest BCUT2D eigenvalue weighted by Gasteiger charge is -2.14. The Morgan fingerprint density at radius 3 is 2.50 bits per heavy atom. The van der Waals surface area contributed by atoms with Crippen molar-refractivity contribution >= 4 is 19.0 Å². The molecule has 2 aromatic rings. The molecule has 12 heteroatoms. The Bertz CT molecular complexity index is 930. The van der Waals surface area contributed by atoms with Gasteiger partial charge >= 0.3 is 13.5 Å². The third-order valence-electron chi connectivity index (χ3n) is 3.81. The van der Waals surface area contributed by atoms with Crippen molar-refractivity contribution in [2.75, 3.05) is 33.9 Å². The van der Waals surface area contributed by atoms with Gasteiger partial charge in [0.2, 0.25) is 0 Å². The van der Waals surface area contributed by atoms with Crippen LogP contribution in [0.15, 0.2) is 15.9 Å². The lowest BCUT2D eigenvalue weighted by molar-refractivity contribution is 0.141. The fraction of sp³-hybridized carbons (Fsp3) is 0.643. The summed E-state index contributed by atoms with van der Waals surface area (Å²) in [7, 11) is 2.52. The summed E-state index contributed by atoms with van der Waals surface area (Å²) in [4.78, 5) is 39.8. The minimum Gasteiger partial charge on any atom is -0.322 e. The summed E-state index contributed by atoms with van der Waals surface area (Å²) < 4.78 is 25.4. The normalized spacial score (nSPS) is 14.2. The first-order valence-corrected chi connectivity index (χ1v) is 9.51. The van der Waals surface area contributed by atoms with Crippen molar-refractivity contribution in [3.8, 4) is 0 Å². The molecule has 0 saturated heterocycles. The van der Waals surface area contributed by atoms with Crippen LogP contribution < -0.4 is 11.2 Å². The topological polar surface area (TPSA) is 121 Å². The van der Waals surface area contributed by atoms with E-state index in [-0.39, 0.29) is 30.9 Å². The standard InChI is InChI=1S/C14H24N5O6P/c1-16(2)6-5-8-24-26(22,23)25-9-7-19-10-15-12-11(19)13(20)18(4)14(21)17(12)3/h10H,5-9H2,1-4H3,(H,22,23). The Hall–Kier alpha value is -1.78. The molecule has 0 aromatic carbocycles. The molecular weight excluding hydrogens is 365 g/mol. The Kier molecular flexibility index (Phi) is 6.53. The van der Waals surface area contributed by atoms with Gasteiger partial charge in [-0.05, 0) is 27.1 Å². The number of imidazole rings is 1. The van der Waals surface area contributed by atoms with E-state index >= 15 is 0 Å². The molecule has 2 heterocycles. The largest absolute Gasteiger partial charge is 0.472 e. The molecular formula is C14H24N5O6P. The second-order valence-corrected chi connectivity index (χ2v) is 7.56. The smallest absolute Gasteiger partial charge is 0.322 e. The maximum Gasteiger partial charge on any atom is 0.472 e. The Morgan fingerprint density at radius 1 is 1.19 bits per heavy atom. The van der Waals surface area contributed by atoms with Crippen LogP contribution >= 0.6 is 7.82 Å². The van der Waals surface area contributed by atoms with E-state index < -0.39 is 19.1 Å². The quantitative estimate of drug-likeness (QED) is 0.451. The zero-order valence-electron chi connectivity index (χ0n) is 15.3. The summed E-state index contributed by atoms with van der Waals surface area (Å²) in [5.41, 5.74) is -0.509. The highest BCUT2D eigenvalue weighted by molar-refractivity contribution is 7.47. The van der Waals surface area contributed by atoms with Crippen LogP contribution in [-0.2, 0) is 34.3 Å². The summed E-state index contributed by atoms with van der Waals surface area (Å²) in [6.45, 7) is 0.778. The van der Waals surface area contributed by atoms with Gasteiger partial charge in [-0.25, -0.2) is 14.3 Å². The zero-order valence-corrected chi connectivity index (χ0v) is 16.2. The van der Waals surface area contributed by atoms with Crippen molar-refractivity contribution < 1.29 is 18.5 Å². The van der Waals surface area contributed by atoms with E-state index in [1.54, 1.807) is 0 Å². The molecule has 0 aliphatic heterocycles. The average molecular weight is 389 g/mol.